The minimum absolute atomic E-state index is 0.0748. The van der Waals surface area contributed by atoms with Crippen molar-refractivity contribution in [3.05, 3.63) is 260 Å². The summed E-state index contributed by atoms with van der Waals surface area (Å²) in [6, 6.07) is 58.7. The highest BCUT2D eigenvalue weighted by Gasteiger charge is 2.49. The van der Waals surface area contributed by atoms with E-state index in [1.165, 1.54) is 111 Å². The molecule has 530 valence electrons. The van der Waals surface area contributed by atoms with Crippen molar-refractivity contribution in [1.29, 1.82) is 0 Å². The van der Waals surface area contributed by atoms with Crippen LogP contribution in [0.3, 0.4) is 0 Å². The molecule has 2 atom stereocenters. The van der Waals surface area contributed by atoms with Gasteiger partial charge in [0.25, 0.3) is 6.08 Å². The lowest BCUT2D eigenvalue weighted by atomic mass is 9.67. The molecule has 10 heteroatoms. The SMILES string of the molecule is C=CCCCC1(CCCC=C(F)F)c2cc(C)ccc2-c2ccc(C)cc21.CCC1(COc2ccc(C3(c4ccc(OCC5(CC)COC5)cc4)c4cc(C)ccc4-c4ccc(C)cc43)cc2)COC1.Cc1ccc2c(c1)C(CCOCC1(C)CO1)(CCOCC1(C)CO1)c1cc(C)ccc1-2. The molecule has 0 bridgehead atoms. The number of hydrogen-bond donors (Lipinski definition) is 0. The van der Waals surface area contributed by atoms with Gasteiger partial charge in [-0.1, -0.05) is 187 Å². The van der Waals surface area contributed by atoms with Gasteiger partial charge in [-0.2, -0.15) is 8.78 Å². The molecular formula is C91H104F2O8. The molecule has 15 rings (SSSR count). The lowest BCUT2D eigenvalue weighted by Gasteiger charge is -2.40. The average Bonchev–Trinajstić information content (AvgIpc) is 1.65. The number of unbranched alkanes of at least 4 members (excludes halogenated alkanes) is 2. The van der Waals surface area contributed by atoms with Gasteiger partial charge in [-0.25, -0.2) is 0 Å². The van der Waals surface area contributed by atoms with E-state index >= 15 is 0 Å². The smallest absolute Gasteiger partial charge is 0.266 e. The van der Waals surface area contributed by atoms with E-state index < -0.39 is 11.5 Å². The summed E-state index contributed by atoms with van der Waals surface area (Å²) < 4.78 is 71.9. The molecule has 0 radical (unpaired) electrons. The fourth-order valence-electron chi connectivity index (χ4n) is 16.4. The first-order valence-corrected chi connectivity index (χ1v) is 37.1. The number of epoxide rings is 2. The van der Waals surface area contributed by atoms with Crippen LogP contribution in [0.15, 0.2) is 183 Å². The summed E-state index contributed by atoms with van der Waals surface area (Å²) >= 11 is 0. The summed E-state index contributed by atoms with van der Waals surface area (Å²) in [6.07, 6.45) is 10.6. The molecule has 2 unspecified atom stereocenters. The van der Waals surface area contributed by atoms with Crippen molar-refractivity contribution < 1.29 is 46.7 Å². The monoisotopic (exact) mass is 1360 g/mol. The number of halogens is 2. The zero-order valence-corrected chi connectivity index (χ0v) is 61.5. The second kappa shape index (κ2) is 29.7. The molecule has 4 heterocycles. The van der Waals surface area contributed by atoms with E-state index in [0.717, 1.165) is 115 Å². The van der Waals surface area contributed by atoms with Crippen LogP contribution >= 0.6 is 0 Å². The van der Waals surface area contributed by atoms with Gasteiger partial charge in [-0.05, 0) is 228 Å². The maximum Gasteiger partial charge on any atom is 0.266 e. The predicted octanol–water partition coefficient (Wildman–Crippen LogP) is 21.1. The molecule has 0 saturated carbocycles. The summed E-state index contributed by atoms with van der Waals surface area (Å²) in [6.45, 7) is 34.4. The standard InChI is InChI=1S/C39H42O4.C27H34O4.C25H28F2/c1-5-37(21-40-22-37)25-42-31-13-9-29(10-14-31)39(30-11-15-32(16-12-30)43-26-38(6-2)23-41-24-38)35-19-27(3)7-17-33(35)34-18-8-28(4)20-36(34)39;1-19-5-7-21-22-8-6-20(2)14-24(22)27(23(21)13-19,9-11-28-15-25(3)17-30-25)10-12-29-16-26(4)18-31-26;1-4-5-7-14-25(15-8-6-9-24(26)27)22-16-18(2)10-12-20(22)21-13-11-19(3)17-23(21)25/h7-20H,5-6,21-26H2,1-4H3;5-8,13-14H,9-12,15-18H2,1-4H3;4,9-13,16-17H,1,5-8,14-15H2,2-3H3. The van der Waals surface area contributed by atoms with E-state index in [4.69, 9.17) is 37.9 Å². The number of aryl methyl sites for hydroxylation is 6. The van der Waals surface area contributed by atoms with E-state index in [-0.39, 0.29) is 32.9 Å². The molecule has 4 saturated heterocycles. The summed E-state index contributed by atoms with van der Waals surface area (Å²) in [7, 11) is 0. The quantitative estimate of drug-likeness (QED) is 0.0273. The van der Waals surface area contributed by atoms with E-state index in [1.54, 1.807) is 0 Å². The van der Waals surface area contributed by atoms with Gasteiger partial charge in [0, 0.05) is 24.0 Å². The van der Waals surface area contributed by atoms with Crippen LogP contribution in [0.25, 0.3) is 33.4 Å². The van der Waals surface area contributed by atoms with Crippen LogP contribution in [0.2, 0.25) is 0 Å². The maximum atomic E-state index is 12.5. The normalized spacial score (nSPS) is 19.9. The Bertz CT molecular complexity index is 4030. The van der Waals surface area contributed by atoms with Crippen molar-refractivity contribution >= 4 is 0 Å². The Kier molecular flexibility index (Phi) is 21.1. The fourth-order valence-corrected chi connectivity index (χ4v) is 16.4. The number of fused-ring (bicyclic) bond motifs is 9. The number of benzene rings is 8. The average molecular weight is 1360 g/mol. The molecule has 0 aromatic heterocycles. The van der Waals surface area contributed by atoms with Gasteiger partial charge in [0.05, 0.1) is 82.3 Å². The first-order chi connectivity index (χ1) is 48.7. The van der Waals surface area contributed by atoms with Crippen molar-refractivity contribution in [2.75, 3.05) is 79.3 Å². The summed E-state index contributed by atoms with van der Waals surface area (Å²) in [5.41, 5.74) is 25.7. The van der Waals surface area contributed by atoms with E-state index in [2.05, 4.69) is 234 Å². The first-order valence-electron chi connectivity index (χ1n) is 37.1. The van der Waals surface area contributed by atoms with Crippen molar-refractivity contribution in [2.45, 2.75) is 161 Å². The maximum absolute atomic E-state index is 12.5. The molecule has 3 aliphatic carbocycles. The second-order valence-corrected chi connectivity index (χ2v) is 31.2. The zero-order chi connectivity index (χ0) is 70.8. The van der Waals surface area contributed by atoms with Crippen LogP contribution in [0.4, 0.5) is 8.78 Å². The van der Waals surface area contributed by atoms with Crippen LogP contribution in [-0.4, -0.2) is 90.5 Å². The Labute approximate surface area is 599 Å². The van der Waals surface area contributed by atoms with Gasteiger partial charge >= 0.3 is 0 Å². The molecular weight excluding hydrogens is 1260 g/mol. The molecule has 8 aromatic carbocycles. The number of allylic oxidation sites excluding steroid dienone is 2. The summed E-state index contributed by atoms with van der Waals surface area (Å²) in [5, 5.41) is 0. The molecule has 8 aromatic rings. The largest absolute Gasteiger partial charge is 0.493 e. The third kappa shape index (κ3) is 14.8. The molecule has 4 aliphatic heterocycles. The minimum Gasteiger partial charge on any atom is -0.493 e. The third-order valence-corrected chi connectivity index (χ3v) is 23.1. The molecule has 101 heavy (non-hydrogen) atoms. The van der Waals surface area contributed by atoms with Gasteiger partial charge in [0.2, 0.25) is 0 Å². The molecule has 0 N–H and O–H groups in total. The first kappa shape index (κ1) is 71.8. The van der Waals surface area contributed by atoms with Crippen molar-refractivity contribution in [3.63, 3.8) is 0 Å². The van der Waals surface area contributed by atoms with Gasteiger partial charge in [0.15, 0.2) is 0 Å². The summed E-state index contributed by atoms with van der Waals surface area (Å²) in [5.74, 6) is 1.80. The predicted molar refractivity (Wildman–Crippen MR) is 403 cm³/mol. The minimum atomic E-state index is -1.57. The van der Waals surface area contributed by atoms with Gasteiger partial charge in [0.1, 0.15) is 22.7 Å². The molecule has 7 aliphatic rings. The molecule has 0 spiro atoms. The Morgan fingerprint density at radius 3 is 1.03 bits per heavy atom. The van der Waals surface area contributed by atoms with Crippen LogP contribution in [0.1, 0.15) is 170 Å². The zero-order valence-electron chi connectivity index (χ0n) is 61.5. The van der Waals surface area contributed by atoms with Crippen molar-refractivity contribution in [3.8, 4) is 44.9 Å². The number of rotatable bonds is 28. The second-order valence-electron chi connectivity index (χ2n) is 31.2. The van der Waals surface area contributed by atoms with E-state index in [1.807, 2.05) is 6.08 Å². The Morgan fingerprint density at radius 2 is 0.733 bits per heavy atom. The fraction of sp³-hybridized carbons (Fsp3) is 0.429. The molecule has 4 fully saturated rings. The lowest BCUT2D eigenvalue weighted by Crippen LogP contribution is -2.46. The van der Waals surface area contributed by atoms with Crippen LogP contribution in [0, 0.1) is 52.4 Å². The van der Waals surface area contributed by atoms with E-state index in [0.29, 0.717) is 46.1 Å². The third-order valence-electron chi connectivity index (χ3n) is 23.1. The molecule has 0 amide bonds. The Hall–Kier alpha value is -7.54. The van der Waals surface area contributed by atoms with Crippen molar-refractivity contribution in [1.82, 2.24) is 0 Å². The number of hydrogen-bond acceptors (Lipinski definition) is 8. The lowest BCUT2D eigenvalue weighted by molar-refractivity contribution is -0.133. The number of ether oxygens (including phenoxy) is 8. The van der Waals surface area contributed by atoms with Crippen LogP contribution in [-0.2, 0) is 44.7 Å². The topological polar surface area (TPSA) is 80.4 Å². The molecule has 8 nitrogen and oxygen atoms in total. The highest BCUT2D eigenvalue weighted by atomic mass is 19.3. The van der Waals surface area contributed by atoms with Gasteiger partial charge in [-0.3, -0.25) is 0 Å². The van der Waals surface area contributed by atoms with Gasteiger partial charge in [-0.15, -0.1) is 6.58 Å². The van der Waals surface area contributed by atoms with E-state index in [9.17, 15) is 8.78 Å². The Morgan fingerprint density at radius 1 is 0.416 bits per heavy atom. The van der Waals surface area contributed by atoms with Crippen LogP contribution in [0.5, 0.6) is 11.5 Å². The van der Waals surface area contributed by atoms with Crippen molar-refractivity contribution in [2.24, 2.45) is 10.8 Å². The summed E-state index contributed by atoms with van der Waals surface area (Å²) in [4.78, 5) is 0. The van der Waals surface area contributed by atoms with Crippen LogP contribution < -0.4 is 9.47 Å². The highest BCUT2D eigenvalue weighted by Crippen LogP contribution is 2.59. The highest BCUT2D eigenvalue weighted by molar-refractivity contribution is 5.87. The van der Waals surface area contributed by atoms with Gasteiger partial charge < -0.3 is 37.9 Å². The Balaban J connectivity index is 0.000000140.